The molecular formula is C24H29N3O2. The summed E-state index contributed by atoms with van der Waals surface area (Å²) in [5.74, 6) is 0.418. The number of benzene rings is 2. The van der Waals surface area contributed by atoms with Crippen LogP contribution in [0.2, 0.25) is 0 Å². The van der Waals surface area contributed by atoms with Gasteiger partial charge >= 0.3 is 0 Å². The van der Waals surface area contributed by atoms with E-state index in [0.29, 0.717) is 23.9 Å². The lowest BCUT2D eigenvalue weighted by Crippen LogP contribution is -2.38. The zero-order chi connectivity index (χ0) is 20.6. The molecule has 3 rings (SSSR count). The minimum atomic E-state index is -0.614. The molecular weight excluding hydrogens is 362 g/mol. The quantitative estimate of drug-likeness (QED) is 0.774. The predicted molar refractivity (Wildman–Crippen MR) is 113 cm³/mol. The van der Waals surface area contributed by atoms with E-state index in [-0.39, 0.29) is 5.91 Å². The summed E-state index contributed by atoms with van der Waals surface area (Å²) in [5, 5.41) is 11.9. The van der Waals surface area contributed by atoms with Crippen molar-refractivity contribution in [2.24, 2.45) is 0 Å². The molecule has 1 amide bonds. The third-order valence-corrected chi connectivity index (χ3v) is 5.55. The van der Waals surface area contributed by atoms with Gasteiger partial charge in [0.05, 0.1) is 11.6 Å². The average Bonchev–Trinajstić information content (AvgIpc) is 2.75. The van der Waals surface area contributed by atoms with Crippen LogP contribution in [0.3, 0.4) is 0 Å². The monoisotopic (exact) mass is 391 g/mol. The smallest absolute Gasteiger partial charge is 0.261 e. The SMILES string of the molecule is CC(Oc1ccc(C#N)cc1)C(=O)NCc1ccccc1CN1CCCCC1C. The number of amides is 1. The molecule has 5 heteroatoms. The second kappa shape index (κ2) is 10.1. The minimum Gasteiger partial charge on any atom is -0.481 e. The molecule has 0 saturated carbocycles. The molecule has 1 aliphatic rings. The molecule has 1 saturated heterocycles. The largest absolute Gasteiger partial charge is 0.481 e. The Bertz CT molecular complexity index is 857. The average molecular weight is 392 g/mol. The van der Waals surface area contributed by atoms with Gasteiger partial charge in [0, 0.05) is 19.1 Å². The molecule has 1 N–H and O–H groups in total. The number of likely N-dealkylation sites (tertiary alicyclic amines) is 1. The molecule has 2 atom stereocenters. The summed E-state index contributed by atoms with van der Waals surface area (Å²) < 4.78 is 5.70. The summed E-state index contributed by atoms with van der Waals surface area (Å²) in [7, 11) is 0. The first-order valence-corrected chi connectivity index (χ1v) is 10.3. The lowest BCUT2D eigenvalue weighted by atomic mass is 10.0. The lowest BCUT2D eigenvalue weighted by molar-refractivity contribution is -0.127. The summed E-state index contributed by atoms with van der Waals surface area (Å²) in [6, 6.07) is 17.7. The fourth-order valence-electron chi connectivity index (χ4n) is 3.69. The van der Waals surface area contributed by atoms with Crippen molar-refractivity contribution < 1.29 is 9.53 Å². The zero-order valence-corrected chi connectivity index (χ0v) is 17.2. The second-order valence-corrected chi connectivity index (χ2v) is 7.70. The first-order valence-electron chi connectivity index (χ1n) is 10.3. The molecule has 0 radical (unpaired) electrons. The number of ether oxygens (including phenoxy) is 1. The first-order chi connectivity index (χ1) is 14.1. The van der Waals surface area contributed by atoms with E-state index in [2.05, 4.69) is 41.4 Å². The highest BCUT2D eigenvalue weighted by Gasteiger charge is 2.20. The van der Waals surface area contributed by atoms with Crippen LogP contribution in [0.5, 0.6) is 5.75 Å². The molecule has 1 fully saturated rings. The van der Waals surface area contributed by atoms with Crippen LogP contribution in [0.25, 0.3) is 0 Å². The number of nitriles is 1. The van der Waals surface area contributed by atoms with Gasteiger partial charge in [-0.2, -0.15) is 5.26 Å². The molecule has 2 aromatic carbocycles. The predicted octanol–water partition coefficient (Wildman–Crippen LogP) is 4.02. The van der Waals surface area contributed by atoms with Crippen molar-refractivity contribution >= 4 is 5.91 Å². The van der Waals surface area contributed by atoms with Gasteiger partial charge in [-0.1, -0.05) is 30.7 Å². The highest BCUT2D eigenvalue weighted by Crippen LogP contribution is 2.21. The fourth-order valence-corrected chi connectivity index (χ4v) is 3.69. The highest BCUT2D eigenvalue weighted by atomic mass is 16.5. The third-order valence-electron chi connectivity index (χ3n) is 5.55. The Hall–Kier alpha value is -2.84. The van der Waals surface area contributed by atoms with Crippen LogP contribution in [0.4, 0.5) is 0 Å². The Kier molecular flexibility index (Phi) is 7.26. The van der Waals surface area contributed by atoms with Crippen LogP contribution >= 0.6 is 0 Å². The van der Waals surface area contributed by atoms with Crippen molar-refractivity contribution in [3.8, 4) is 11.8 Å². The van der Waals surface area contributed by atoms with Crippen molar-refractivity contribution in [2.75, 3.05) is 6.54 Å². The Morgan fingerprint density at radius 1 is 1.21 bits per heavy atom. The van der Waals surface area contributed by atoms with Gasteiger partial charge in [-0.25, -0.2) is 0 Å². The molecule has 1 aliphatic heterocycles. The molecule has 0 spiro atoms. The van der Waals surface area contributed by atoms with Gasteiger partial charge in [0.25, 0.3) is 5.91 Å². The Morgan fingerprint density at radius 2 is 1.93 bits per heavy atom. The summed E-state index contributed by atoms with van der Waals surface area (Å²) in [6.45, 7) is 6.57. The number of piperidine rings is 1. The van der Waals surface area contributed by atoms with Gasteiger partial charge in [-0.15, -0.1) is 0 Å². The van der Waals surface area contributed by atoms with Crippen LogP contribution < -0.4 is 10.1 Å². The molecule has 1 heterocycles. The molecule has 5 nitrogen and oxygen atoms in total. The van der Waals surface area contributed by atoms with Crippen LogP contribution in [0, 0.1) is 11.3 Å². The van der Waals surface area contributed by atoms with E-state index in [1.54, 1.807) is 31.2 Å². The Morgan fingerprint density at radius 3 is 2.62 bits per heavy atom. The number of nitrogens with one attached hydrogen (secondary N) is 1. The molecule has 29 heavy (non-hydrogen) atoms. The van der Waals surface area contributed by atoms with Crippen molar-refractivity contribution in [1.29, 1.82) is 5.26 Å². The van der Waals surface area contributed by atoms with Gasteiger partial charge < -0.3 is 10.1 Å². The molecule has 0 aromatic heterocycles. The van der Waals surface area contributed by atoms with Gasteiger partial charge in [0.15, 0.2) is 6.10 Å². The number of hydrogen-bond acceptors (Lipinski definition) is 4. The Balaban J connectivity index is 1.56. The van der Waals surface area contributed by atoms with E-state index in [9.17, 15) is 4.79 Å². The highest BCUT2D eigenvalue weighted by molar-refractivity contribution is 5.80. The van der Waals surface area contributed by atoms with Crippen molar-refractivity contribution in [1.82, 2.24) is 10.2 Å². The third kappa shape index (κ3) is 5.82. The van der Waals surface area contributed by atoms with Crippen molar-refractivity contribution in [2.45, 2.75) is 58.3 Å². The number of carbonyl (C=O) groups excluding carboxylic acids is 1. The van der Waals surface area contributed by atoms with Gasteiger partial charge in [0.1, 0.15) is 5.75 Å². The summed E-state index contributed by atoms with van der Waals surface area (Å²) in [4.78, 5) is 15.0. The maximum Gasteiger partial charge on any atom is 0.261 e. The molecule has 2 unspecified atom stereocenters. The summed E-state index contributed by atoms with van der Waals surface area (Å²) in [6.07, 6.45) is 3.21. The number of hydrogen-bond donors (Lipinski definition) is 1. The van der Waals surface area contributed by atoms with E-state index >= 15 is 0 Å². The van der Waals surface area contributed by atoms with Crippen molar-refractivity contribution in [3.05, 3.63) is 65.2 Å². The molecule has 2 aromatic rings. The van der Waals surface area contributed by atoms with Crippen LogP contribution in [0.1, 0.15) is 49.8 Å². The van der Waals surface area contributed by atoms with Crippen LogP contribution in [-0.4, -0.2) is 29.5 Å². The second-order valence-electron chi connectivity index (χ2n) is 7.70. The van der Waals surface area contributed by atoms with E-state index < -0.39 is 6.10 Å². The van der Waals surface area contributed by atoms with Crippen molar-refractivity contribution in [3.63, 3.8) is 0 Å². The van der Waals surface area contributed by atoms with Gasteiger partial charge in [-0.3, -0.25) is 9.69 Å². The maximum absolute atomic E-state index is 12.5. The van der Waals surface area contributed by atoms with E-state index in [0.717, 1.165) is 18.7 Å². The van der Waals surface area contributed by atoms with Gasteiger partial charge in [-0.05, 0) is 68.6 Å². The fraction of sp³-hybridized carbons (Fsp3) is 0.417. The molecule has 0 bridgehead atoms. The standard InChI is InChI=1S/C24H29N3O2/c1-18-7-5-6-14-27(18)17-22-9-4-3-8-21(22)16-26-24(28)19(2)29-23-12-10-20(15-25)11-13-23/h3-4,8-13,18-19H,5-7,14,16-17H2,1-2H3,(H,26,28). The van der Waals surface area contributed by atoms with Gasteiger partial charge in [0.2, 0.25) is 0 Å². The normalized spacial score (nSPS) is 17.9. The number of rotatable bonds is 7. The Labute approximate surface area is 173 Å². The topological polar surface area (TPSA) is 65.4 Å². The summed E-state index contributed by atoms with van der Waals surface area (Å²) in [5.41, 5.74) is 2.97. The van der Waals surface area contributed by atoms with E-state index in [4.69, 9.17) is 10.00 Å². The maximum atomic E-state index is 12.5. The van der Waals surface area contributed by atoms with Crippen LogP contribution in [-0.2, 0) is 17.9 Å². The van der Waals surface area contributed by atoms with E-state index in [1.807, 2.05) is 6.07 Å². The molecule has 152 valence electrons. The zero-order valence-electron chi connectivity index (χ0n) is 17.2. The number of carbonyl (C=O) groups is 1. The molecule has 0 aliphatic carbocycles. The lowest BCUT2D eigenvalue weighted by Gasteiger charge is -2.33. The van der Waals surface area contributed by atoms with Crippen LogP contribution in [0.15, 0.2) is 48.5 Å². The van der Waals surface area contributed by atoms with E-state index in [1.165, 1.54) is 24.8 Å². The first kappa shape index (κ1) is 20.9. The summed E-state index contributed by atoms with van der Waals surface area (Å²) >= 11 is 0. The minimum absolute atomic E-state index is 0.157. The number of nitrogens with zero attached hydrogens (tertiary/aromatic N) is 2.